The highest BCUT2D eigenvalue weighted by molar-refractivity contribution is 5.69. The van der Waals surface area contributed by atoms with Gasteiger partial charge in [0.1, 0.15) is 24.1 Å². The Labute approximate surface area is 137 Å². The normalized spacial score (nSPS) is 12.5. The van der Waals surface area contributed by atoms with Crippen molar-refractivity contribution in [2.75, 3.05) is 6.61 Å². The first kappa shape index (κ1) is 16.0. The number of rotatable bonds is 5. The number of aryl methyl sites for hydroxylation is 1. The number of benzene rings is 1. The molecule has 2 heterocycles. The van der Waals surface area contributed by atoms with Crippen molar-refractivity contribution in [3.05, 3.63) is 57.5 Å². The molecule has 3 aromatic rings. The van der Waals surface area contributed by atoms with E-state index in [-0.39, 0.29) is 18.7 Å². The second-order valence-corrected chi connectivity index (χ2v) is 5.55. The minimum absolute atomic E-state index is 0.0858. The van der Waals surface area contributed by atoms with E-state index in [0.29, 0.717) is 11.4 Å². The molecular weight excluding hydrogens is 312 g/mol. The Morgan fingerprint density at radius 3 is 2.58 bits per heavy atom. The molecule has 0 aliphatic heterocycles. The van der Waals surface area contributed by atoms with E-state index in [1.54, 1.807) is 23.7 Å². The molecule has 0 spiro atoms. The smallest absolute Gasteiger partial charge is 0.332 e. The molecule has 8 heteroatoms. The molecule has 0 saturated carbocycles. The Hall–Kier alpha value is -2.87. The predicted molar refractivity (Wildman–Crippen MR) is 88.2 cm³/mol. The maximum atomic E-state index is 12.1. The lowest BCUT2D eigenvalue weighted by Gasteiger charge is -2.14. The minimum Gasteiger partial charge on any atom is -0.491 e. The lowest BCUT2D eigenvalue weighted by atomic mass is 10.3. The molecule has 0 unspecified atom stereocenters. The van der Waals surface area contributed by atoms with Crippen molar-refractivity contribution in [1.29, 1.82) is 0 Å². The van der Waals surface area contributed by atoms with E-state index in [1.807, 2.05) is 18.2 Å². The first-order valence-electron chi connectivity index (χ1n) is 7.46. The number of aromatic nitrogens is 4. The third-order valence-electron chi connectivity index (χ3n) is 3.80. The number of nitrogens with zero attached hydrogens (tertiary/aromatic N) is 4. The van der Waals surface area contributed by atoms with E-state index >= 15 is 0 Å². The SMILES string of the molecule is Cn1c(=O)c2ncn(C[C@H](O)COc3ccccc3)c2n(C)c1=O. The van der Waals surface area contributed by atoms with Crippen LogP contribution in [0, 0.1) is 0 Å². The number of imidazole rings is 1. The Bertz CT molecular complexity index is 971. The highest BCUT2D eigenvalue weighted by Crippen LogP contribution is 2.10. The zero-order chi connectivity index (χ0) is 17.3. The first-order chi connectivity index (χ1) is 11.5. The summed E-state index contributed by atoms with van der Waals surface area (Å²) >= 11 is 0. The van der Waals surface area contributed by atoms with Crippen molar-refractivity contribution in [3.8, 4) is 5.75 Å². The molecular formula is C16H18N4O4. The van der Waals surface area contributed by atoms with Gasteiger partial charge in [-0.2, -0.15) is 0 Å². The van der Waals surface area contributed by atoms with Gasteiger partial charge in [-0.15, -0.1) is 0 Å². The fraction of sp³-hybridized carbons (Fsp3) is 0.312. The summed E-state index contributed by atoms with van der Waals surface area (Å²) in [6, 6.07) is 9.16. The van der Waals surface area contributed by atoms with Crippen molar-refractivity contribution in [1.82, 2.24) is 18.7 Å². The van der Waals surface area contributed by atoms with Crippen molar-refractivity contribution in [3.63, 3.8) is 0 Å². The number of aliphatic hydroxyl groups is 1. The maximum absolute atomic E-state index is 12.1. The van der Waals surface area contributed by atoms with Gasteiger partial charge in [0, 0.05) is 14.1 Å². The molecule has 0 aliphatic carbocycles. The number of para-hydroxylation sites is 1. The second kappa shape index (κ2) is 6.32. The Balaban J connectivity index is 1.83. The zero-order valence-corrected chi connectivity index (χ0v) is 13.4. The number of ether oxygens (including phenoxy) is 1. The van der Waals surface area contributed by atoms with Crippen LogP contribution in [0.25, 0.3) is 11.2 Å². The summed E-state index contributed by atoms with van der Waals surface area (Å²) in [5.41, 5.74) is -0.330. The molecule has 8 nitrogen and oxygen atoms in total. The second-order valence-electron chi connectivity index (χ2n) is 5.55. The van der Waals surface area contributed by atoms with Crippen LogP contribution >= 0.6 is 0 Å². The summed E-state index contributed by atoms with van der Waals surface area (Å²) in [6.07, 6.45) is 0.624. The van der Waals surface area contributed by atoms with E-state index in [0.717, 1.165) is 4.57 Å². The number of hydrogen-bond donors (Lipinski definition) is 1. The molecule has 1 aromatic carbocycles. The molecule has 1 N–H and O–H groups in total. The van der Waals surface area contributed by atoms with Crippen LogP contribution in [0.1, 0.15) is 0 Å². The van der Waals surface area contributed by atoms with Crippen LogP contribution < -0.4 is 16.0 Å². The average Bonchev–Trinajstić information content (AvgIpc) is 3.01. The Kier molecular flexibility index (Phi) is 4.22. The van der Waals surface area contributed by atoms with Gasteiger partial charge >= 0.3 is 5.69 Å². The molecule has 1 atom stereocenters. The third-order valence-corrected chi connectivity index (χ3v) is 3.80. The molecule has 0 fully saturated rings. The van der Waals surface area contributed by atoms with Crippen LogP contribution in [0.3, 0.4) is 0 Å². The fourth-order valence-electron chi connectivity index (χ4n) is 2.56. The quantitative estimate of drug-likeness (QED) is 0.704. The van der Waals surface area contributed by atoms with Gasteiger partial charge in [-0.3, -0.25) is 13.9 Å². The van der Waals surface area contributed by atoms with Gasteiger partial charge in [0.15, 0.2) is 5.52 Å². The lowest BCUT2D eigenvalue weighted by molar-refractivity contribution is 0.0931. The van der Waals surface area contributed by atoms with Crippen molar-refractivity contribution in [2.24, 2.45) is 14.1 Å². The van der Waals surface area contributed by atoms with Gasteiger partial charge in [-0.1, -0.05) is 18.2 Å². The number of fused-ring (bicyclic) bond motifs is 1. The first-order valence-corrected chi connectivity index (χ1v) is 7.46. The number of aliphatic hydroxyl groups excluding tert-OH is 1. The topological polar surface area (TPSA) is 91.3 Å². The summed E-state index contributed by atoms with van der Waals surface area (Å²) in [4.78, 5) is 28.2. The van der Waals surface area contributed by atoms with Gasteiger partial charge in [-0.05, 0) is 12.1 Å². The van der Waals surface area contributed by atoms with E-state index in [9.17, 15) is 14.7 Å². The predicted octanol–water partition coefficient (Wildman–Crippen LogP) is -0.126. The molecule has 0 saturated heterocycles. The third kappa shape index (κ3) is 2.83. The maximum Gasteiger partial charge on any atom is 0.332 e. The summed E-state index contributed by atoms with van der Waals surface area (Å²) in [5, 5.41) is 10.2. The van der Waals surface area contributed by atoms with E-state index < -0.39 is 17.4 Å². The van der Waals surface area contributed by atoms with Gasteiger partial charge < -0.3 is 14.4 Å². The fourth-order valence-corrected chi connectivity index (χ4v) is 2.56. The molecule has 0 amide bonds. The van der Waals surface area contributed by atoms with Gasteiger partial charge in [0.2, 0.25) is 0 Å². The van der Waals surface area contributed by atoms with E-state index in [4.69, 9.17) is 4.74 Å². The molecule has 0 radical (unpaired) electrons. The molecule has 126 valence electrons. The van der Waals surface area contributed by atoms with Crippen LogP contribution in [-0.2, 0) is 20.6 Å². The minimum atomic E-state index is -0.818. The van der Waals surface area contributed by atoms with Crippen molar-refractivity contribution in [2.45, 2.75) is 12.6 Å². The Morgan fingerprint density at radius 2 is 1.88 bits per heavy atom. The van der Waals surface area contributed by atoms with Crippen LogP contribution in [0.5, 0.6) is 5.75 Å². The van der Waals surface area contributed by atoms with Crippen LogP contribution in [0.2, 0.25) is 0 Å². The highest BCUT2D eigenvalue weighted by atomic mass is 16.5. The summed E-state index contributed by atoms with van der Waals surface area (Å²) in [5.74, 6) is 0.660. The van der Waals surface area contributed by atoms with Gasteiger partial charge in [0.25, 0.3) is 5.56 Å². The van der Waals surface area contributed by atoms with E-state index in [2.05, 4.69) is 4.98 Å². The summed E-state index contributed by atoms with van der Waals surface area (Å²) in [6.45, 7) is 0.242. The monoisotopic (exact) mass is 330 g/mol. The lowest BCUT2D eigenvalue weighted by Crippen LogP contribution is -2.37. The molecule has 0 aliphatic rings. The summed E-state index contributed by atoms with van der Waals surface area (Å²) < 4.78 is 9.44. The van der Waals surface area contributed by atoms with Gasteiger partial charge in [0.05, 0.1) is 12.9 Å². The van der Waals surface area contributed by atoms with Crippen molar-refractivity contribution >= 4 is 11.2 Å². The van der Waals surface area contributed by atoms with Crippen LogP contribution in [0.15, 0.2) is 46.2 Å². The molecule has 2 aromatic heterocycles. The zero-order valence-electron chi connectivity index (χ0n) is 13.4. The number of hydrogen-bond acceptors (Lipinski definition) is 5. The van der Waals surface area contributed by atoms with Crippen LogP contribution in [0.4, 0.5) is 0 Å². The summed E-state index contributed by atoms with van der Waals surface area (Å²) in [7, 11) is 2.97. The van der Waals surface area contributed by atoms with Crippen LogP contribution in [-0.4, -0.2) is 36.5 Å². The molecule has 0 bridgehead atoms. The largest absolute Gasteiger partial charge is 0.491 e. The highest BCUT2D eigenvalue weighted by Gasteiger charge is 2.16. The van der Waals surface area contributed by atoms with Crippen molar-refractivity contribution < 1.29 is 9.84 Å². The van der Waals surface area contributed by atoms with Gasteiger partial charge in [-0.25, -0.2) is 9.78 Å². The standard InChI is InChI=1S/C16H18N4O4/c1-18-14-13(15(22)19(2)16(18)23)17-10-20(14)8-11(21)9-24-12-6-4-3-5-7-12/h3-7,10-11,21H,8-9H2,1-2H3/t11-/m0/s1. The molecule has 24 heavy (non-hydrogen) atoms. The average molecular weight is 330 g/mol. The molecule has 3 rings (SSSR count). The van der Waals surface area contributed by atoms with E-state index in [1.165, 1.54) is 17.9 Å². The Morgan fingerprint density at radius 1 is 1.17 bits per heavy atom.